The molecule has 100 valence electrons. The van der Waals surface area contributed by atoms with Gasteiger partial charge in [0.2, 0.25) is 0 Å². The number of nitrogens with one attached hydrogen (secondary N) is 1. The van der Waals surface area contributed by atoms with Crippen LogP contribution in [0.4, 0.5) is 5.69 Å². The average molecular weight is 307 g/mol. The summed E-state index contributed by atoms with van der Waals surface area (Å²) in [7, 11) is 0. The van der Waals surface area contributed by atoms with E-state index in [1.165, 1.54) is 6.42 Å². The monoisotopic (exact) mass is 305 g/mol. The van der Waals surface area contributed by atoms with Crippen LogP contribution in [0, 0.1) is 11.3 Å². The van der Waals surface area contributed by atoms with E-state index in [9.17, 15) is 0 Å². The fourth-order valence-electron chi connectivity index (χ4n) is 2.92. The van der Waals surface area contributed by atoms with Crippen molar-refractivity contribution in [1.29, 1.82) is 0 Å². The lowest BCUT2D eigenvalue weighted by Crippen LogP contribution is -2.22. The highest BCUT2D eigenvalue weighted by molar-refractivity contribution is 6.44. The molecule has 0 aliphatic heterocycles. The molecule has 0 amide bonds. The Morgan fingerprint density at radius 2 is 1.67 bits per heavy atom. The summed E-state index contributed by atoms with van der Waals surface area (Å²) in [5.74, 6) is 0.630. The van der Waals surface area contributed by atoms with Crippen LogP contribution in [0.5, 0.6) is 0 Å². The molecule has 1 aliphatic carbocycles. The van der Waals surface area contributed by atoms with Crippen LogP contribution in [0.25, 0.3) is 0 Å². The van der Waals surface area contributed by atoms with Gasteiger partial charge in [0.05, 0.1) is 20.8 Å². The largest absolute Gasteiger partial charge is 0.381 e. The van der Waals surface area contributed by atoms with Crippen LogP contribution in [0.2, 0.25) is 15.1 Å². The highest BCUT2D eigenvalue weighted by Crippen LogP contribution is 2.43. The molecule has 0 spiro atoms. The molecule has 1 aliphatic rings. The average Bonchev–Trinajstić information content (AvgIpc) is 2.48. The molecule has 0 bridgehead atoms. The van der Waals surface area contributed by atoms with Gasteiger partial charge in [-0.15, -0.1) is 0 Å². The number of halogens is 3. The van der Waals surface area contributed by atoms with E-state index in [2.05, 4.69) is 26.1 Å². The lowest BCUT2D eigenvalue weighted by atomic mass is 9.91. The SMILES string of the molecule is CC1CC(C)(C)CC1Nc1cc(Cl)c(Cl)cc1Cl. The van der Waals surface area contributed by atoms with Crippen molar-refractivity contribution in [3.05, 3.63) is 27.2 Å². The maximum absolute atomic E-state index is 6.19. The van der Waals surface area contributed by atoms with E-state index in [1.807, 2.05) is 6.07 Å². The number of hydrogen-bond donors (Lipinski definition) is 1. The second kappa shape index (κ2) is 5.11. The zero-order valence-corrected chi connectivity index (χ0v) is 13.1. The quantitative estimate of drug-likeness (QED) is 0.672. The maximum atomic E-state index is 6.19. The van der Waals surface area contributed by atoms with E-state index < -0.39 is 0 Å². The molecule has 1 saturated carbocycles. The Labute approximate surface area is 124 Å². The zero-order chi connectivity index (χ0) is 13.5. The normalized spacial score (nSPS) is 26.3. The summed E-state index contributed by atoms with van der Waals surface area (Å²) >= 11 is 18.2. The molecule has 2 unspecified atom stereocenters. The Kier molecular flexibility index (Phi) is 4.06. The van der Waals surface area contributed by atoms with Gasteiger partial charge in [-0.25, -0.2) is 0 Å². The highest BCUT2D eigenvalue weighted by Gasteiger charge is 2.36. The Bertz CT molecular complexity index is 457. The van der Waals surface area contributed by atoms with Crippen LogP contribution < -0.4 is 5.32 Å². The van der Waals surface area contributed by atoms with E-state index in [1.54, 1.807) is 6.07 Å². The van der Waals surface area contributed by atoms with Crippen molar-refractivity contribution in [2.45, 2.75) is 39.7 Å². The van der Waals surface area contributed by atoms with Crippen molar-refractivity contribution in [3.63, 3.8) is 0 Å². The van der Waals surface area contributed by atoms with E-state index in [4.69, 9.17) is 34.8 Å². The second-order valence-electron chi connectivity index (χ2n) is 6.05. The summed E-state index contributed by atoms with van der Waals surface area (Å²) in [4.78, 5) is 0. The summed E-state index contributed by atoms with van der Waals surface area (Å²) in [6, 6.07) is 3.94. The minimum atomic E-state index is 0.389. The molecular weight excluding hydrogens is 289 g/mol. The van der Waals surface area contributed by atoms with Gasteiger partial charge in [0.25, 0.3) is 0 Å². The molecule has 0 saturated heterocycles. The van der Waals surface area contributed by atoms with E-state index >= 15 is 0 Å². The Morgan fingerprint density at radius 3 is 2.22 bits per heavy atom. The van der Waals surface area contributed by atoms with Crippen molar-refractivity contribution in [3.8, 4) is 0 Å². The standard InChI is InChI=1S/C14H18Cl3N/c1-8-6-14(2,3)7-13(8)18-12-5-10(16)9(15)4-11(12)17/h4-5,8,13,18H,6-7H2,1-3H3. The van der Waals surface area contributed by atoms with Crippen LogP contribution in [0.1, 0.15) is 33.6 Å². The van der Waals surface area contributed by atoms with E-state index in [0.717, 1.165) is 12.1 Å². The first-order valence-corrected chi connectivity index (χ1v) is 7.33. The molecule has 0 radical (unpaired) electrons. The third kappa shape index (κ3) is 3.07. The van der Waals surface area contributed by atoms with Crippen LogP contribution >= 0.6 is 34.8 Å². The van der Waals surface area contributed by atoms with Crippen molar-refractivity contribution in [2.75, 3.05) is 5.32 Å². The van der Waals surface area contributed by atoms with Crippen LogP contribution in [-0.2, 0) is 0 Å². The van der Waals surface area contributed by atoms with Crippen molar-refractivity contribution < 1.29 is 0 Å². The van der Waals surface area contributed by atoms with Gasteiger partial charge in [0.1, 0.15) is 0 Å². The molecule has 18 heavy (non-hydrogen) atoms. The zero-order valence-electron chi connectivity index (χ0n) is 10.9. The number of hydrogen-bond acceptors (Lipinski definition) is 1. The molecule has 2 rings (SSSR count). The minimum Gasteiger partial charge on any atom is -0.381 e. The molecule has 0 heterocycles. The molecule has 1 aromatic rings. The first-order valence-electron chi connectivity index (χ1n) is 6.19. The number of anilines is 1. The molecule has 0 aromatic heterocycles. The highest BCUT2D eigenvalue weighted by atomic mass is 35.5. The Hall–Kier alpha value is -0.110. The van der Waals surface area contributed by atoms with Crippen molar-refractivity contribution >= 4 is 40.5 Å². The molecule has 4 heteroatoms. The summed E-state index contributed by atoms with van der Waals surface area (Å²) < 4.78 is 0. The summed E-state index contributed by atoms with van der Waals surface area (Å²) in [6.45, 7) is 6.89. The molecule has 1 aromatic carbocycles. The van der Waals surface area contributed by atoms with Gasteiger partial charge in [0, 0.05) is 6.04 Å². The van der Waals surface area contributed by atoms with Gasteiger partial charge in [-0.2, -0.15) is 0 Å². The van der Waals surface area contributed by atoms with Gasteiger partial charge in [-0.1, -0.05) is 55.6 Å². The fourth-order valence-corrected chi connectivity index (χ4v) is 3.52. The third-order valence-corrected chi connectivity index (χ3v) is 4.72. The van der Waals surface area contributed by atoms with Crippen LogP contribution in [0.15, 0.2) is 12.1 Å². The van der Waals surface area contributed by atoms with Crippen molar-refractivity contribution in [2.24, 2.45) is 11.3 Å². The third-order valence-electron chi connectivity index (χ3n) is 3.68. The lowest BCUT2D eigenvalue weighted by molar-refractivity contribution is 0.366. The Morgan fingerprint density at radius 1 is 1.06 bits per heavy atom. The van der Waals surface area contributed by atoms with Crippen LogP contribution in [0.3, 0.4) is 0 Å². The Balaban J connectivity index is 2.18. The van der Waals surface area contributed by atoms with Gasteiger partial charge >= 0.3 is 0 Å². The number of rotatable bonds is 2. The molecule has 1 fully saturated rings. The molecule has 1 nitrogen and oxygen atoms in total. The van der Waals surface area contributed by atoms with E-state index in [-0.39, 0.29) is 0 Å². The predicted molar refractivity (Wildman–Crippen MR) is 81.1 cm³/mol. The molecule has 1 N–H and O–H groups in total. The van der Waals surface area contributed by atoms with Gasteiger partial charge < -0.3 is 5.32 Å². The van der Waals surface area contributed by atoms with E-state index in [0.29, 0.717) is 32.4 Å². The second-order valence-corrected chi connectivity index (χ2v) is 7.27. The van der Waals surface area contributed by atoms with Gasteiger partial charge in [-0.3, -0.25) is 0 Å². The topological polar surface area (TPSA) is 12.0 Å². The first-order chi connectivity index (χ1) is 8.28. The molecule has 2 atom stereocenters. The summed E-state index contributed by atoms with van der Waals surface area (Å²) in [5, 5.41) is 5.16. The summed E-state index contributed by atoms with van der Waals surface area (Å²) in [6.07, 6.45) is 2.37. The smallest absolute Gasteiger partial charge is 0.0653 e. The molecular formula is C14H18Cl3N. The van der Waals surface area contributed by atoms with Gasteiger partial charge in [-0.05, 0) is 36.3 Å². The predicted octanol–water partition coefficient (Wildman–Crippen LogP) is 5.88. The number of benzene rings is 1. The first kappa shape index (κ1) is 14.3. The summed E-state index contributed by atoms with van der Waals surface area (Å²) in [5.41, 5.74) is 1.26. The van der Waals surface area contributed by atoms with Crippen molar-refractivity contribution in [1.82, 2.24) is 0 Å². The fraction of sp³-hybridized carbons (Fsp3) is 0.571. The lowest BCUT2D eigenvalue weighted by Gasteiger charge is -2.21. The maximum Gasteiger partial charge on any atom is 0.0653 e. The van der Waals surface area contributed by atoms with Crippen LogP contribution in [-0.4, -0.2) is 6.04 Å². The van der Waals surface area contributed by atoms with Gasteiger partial charge in [0.15, 0.2) is 0 Å². The minimum absolute atomic E-state index is 0.389.